The third kappa shape index (κ3) is 3.25. The van der Waals surface area contributed by atoms with Gasteiger partial charge in [0.1, 0.15) is 5.76 Å². The molecule has 1 aliphatic rings. The van der Waals surface area contributed by atoms with Gasteiger partial charge < -0.3 is 9.32 Å². The van der Waals surface area contributed by atoms with E-state index in [-0.39, 0.29) is 23.9 Å². The van der Waals surface area contributed by atoms with E-state index in [1.54, 1.807) is 40.5 Å². The first-order chi connectivity index (χ1) is 13.6. The second-order valence-electron chi connectivity index (χ2n) is 6.43. The largest absolute Gasteiger partial charge is 0.467 e. The van der Waals surface area contributed by atoms with Crippen LogP contribution in [-0.4, -0.2) is 34.1 Å². The summed E-state index contributed by atoms with van der Waals surface area (Å²) >= 11 is 1.59. The van der Waals surface area contributed by atoms with Gasteiger partial charge in [-0.1, -0.05) is 6.07 Å². The normalized spacial score (nSPS) is 13.1. The number of hydrogen-bond acceptors (Lipinski definition) is 5. The fraction of sp³-hybridized carbons (Fsp3) is 0.190. The standard InChI is InChI=1S/C21H18N2O4S/c1-2-22(13-16-6-4-10-28-16)19(24)14-7-8-17-18(11-14)21(26)23(20(17)25)12-15-5-3-9-27-15/h3-11H,2,12-13H2,1H3. The molecule has 0 fully saturated rings. The fourth-order valence-electron chi connectivity index (χ4n) is 3.23. The number of carbonyl (C=O) groups excluding carboxylic acids is 3. The van der Waals surface area contributed by atoms with E-state index in [4.69, 9.17) is 4.42 Å². The lowest BCUT2D eigenvalue weighted by Crippen LogP contribution is -2.30. The Morgan fingerprint density at radius 1 is 1.11 bits per heavy atom. The number of carbonyl (C=O) groups is 3. The average Bonchev–Trinajstić information content (AvgIpc) is 3.45. The minimum absolute atomic E-state index is 0.0715. The number of hydrogen-bond donors (Lipinski definition) is 0. The highest BCUT2D eigenvalue weighted by Crippen LogP contribution is 2.26. The number of nitrogens with zero attached hydrogens (tertiary/aromatic N) is 2. The van der Waals surface area contributed by atoms with E-state index < -0.39 is 5.91 Å². The zero-order chi connectivity index (χ0) is 19.7. The molecule has 0 aliphatic carbocycles. The molecule has 4 rings (SSSR count). The third-order valence-electron chi connectivity index (χ3n) is 4.71. The number of furan rings is 1. The molecule has 142 valence electrons. The summed E-state index contributed by atoms with van der Waals surface area (Å²) in [6.07, 6.45) is 1.50. The molecule has 1 aromatic carbocycles. The lowest BCUT2D eigenvalue weighted by molar-refractivity contribution is 0.0631. The molecule has 0 N–H and O–H groups in total. The summed E-state index contributed by atoms with van der Waals surface area (Å²) in [7, 11) is 0. The van der Waals surface area contributed by atoms with Crippen molar-refractivity contribution in [2.45, 2.75) is 20.0 Å². The zero-order valence-electron chi connectivity index (χ0n) is 15.3. The van der Waals surface area contributed by atoms with Crippen LogP contribution in [0.4, 0.5) is 0 Å². The Morgan fingerprint density at radius 2 is 1.93 bits per heavy atom. The Kier molecular flexibility index (Phi) is 4.83. The maximum Gasteiger partial charge on any atom is 0.261 e. The summed E-state index contributed by atoms with van der Waals surface area (Å²) in [5.74, 6) is -0.420. The van der Waals surface area contributed by atoms with Crippen molar-refractivity contribution in [2.75, 3.05) is 6.54 Å². The number of benzene rings is 1. The van der Waals surface area contributed by atoms with Crippen LogP contribution in [0.3, 0.4) is 0 Å². The van der Waals surface area contributed by atoms with Crippen molar-refractivity contribution in [3.63, 3.8) is 0 Å². The highest BCUT2D eigenvalue weighted by molar-refractivity contribution is 7.09. The van der Waals surface area contributed by atoms with Gasteiger partial charge in [0, 0.05) is 17.0 Å². The Hall–Kier alpha value is -3.19. The van der Waals surface area contributed by atoms with Crippen LogP contribution in [0.2, 0.25) is 0 Å². The van der Waals surface area contributed by atoms with Gasteiger partial charge in [-0.3, -0.25) is 19.3 Å². The molecule has 0 saturated carbocycles. The van der Waals surface area contributed by atoms with Gasteiger partial charge in [0.15, 0.2) is 0 Å². The Morgan fingerprint density at radius 3 is 2.61 bits per heavy atom. The molecule has 28 heavy (non-hydrogen) atoms. The predicted molar refractivity (Wildman–Crippen MR) is 104 cm³/mol. The van der Waals surface area contributed by atoms with Crippen LogP contribution in [0.1, 0.15) is 48.6 Å². The van der Waals surface area contributed by atoms with E-state index in [1.165, 1.54) is 12.3 Å². The van der Waals surface area contributed by atoms with Crippen molar-refractivity contribution in [1.82, 2.24) is 9.80 Å². The van der Waals surface area contributed by atoms with Crippen molar-refractivity contribution < 1.29 is 18.8 Å². The van der Waals surface area contributed by atoms with Crippen LogP contribution in [0.5, 0.6) is 0 Å². The van der Waals surface area contributed by atoms with Crippen LogP contribution in [-0.2, 0) is 13.1 Å². The molecule has 0 saturated heterocycles. The third-order valence-corrected chi connectivity index (χ3v) is 5.57. The summed E-state index contributed by atoms with van der Waals surface area (Å²) in [5.41, 5.74) is 0.974. The summed E-state index contributed by atoms with van der Waals surface area (Å²) in [5, 5.41) is 1.97. The van der Waals surface area contributed by atoms with Gasteiger partial charge in [-0.2, -0.15) is 0 Å². The van der Waals surface area contributed by atoms with Crippen molar-refractivity contribution in [2.24, 2.45) is 0 Å². The first-order valence-corrected chi connectivity index (χ1v) is 9.80. The van der Waals surface area contributed by atoms with Crippen molar-refractivity contribution >= 4 is 29.1 Å². The first-order valence-electron chi connectivity index (χ1n) is 8.92. The van der Waals surface area contributed by atoms with E-state index in [9.17, 15) is 14.4 Å². The van der Waals surface area contributed by atoms with Crippen molar-refractivity contribution in [3.8, 4) is 0 Å². The minimum Gasteiger partial charge on any atom is -0.467 e. The lowest BCUT2D eigenvalue weighted by atomic mass is 10.0. The molecule has 0 spiro atoms. The van der Waals surface area contributed by atoms with Gasteiger partial charge in [0.2, 0.25) is 0 Å². The smallest absolute Gasteiger partial charge is 0.261 e. The van der Waals surface area contributed by atoms with Crippen LogP contribution in [0.15, 0.2) is 58.5 Å². The van der Waals surface area contributed by atoms with E-state index in [0.717, 1.165) is 9.78 Å². The fourth-order valence-corrected chi connectivity index (χ4v) is 3.95. The number of imide groups is 1. The highest BCUT2D eigenvalue weighted by Gasteiger charge is 2.36. The zero-order valence-corrected chi connectivity index (χ0v) is 16.1. The summed E-state index contributed by atoms with van der Waals surface area (Å²) in [6, 6.07) is 12.0. The molecule has 0 bridgehead atoms. The van der Waals surface area contributed by atoms with Crippen LogP contribution < -0.4 is 0 Å². The quantitative estimate of drug-likeness (QED) is 0.596. The van der Waals surface area contributed by atoms with Gasteiger partial charge >= 0.3 is 0 Å². The Labute approximate surface area is 166 Å². The second kappa shape index (κ2) is 7.44. The number of rotatable bonds is 6. The highest BCUT2D eigenvalue weighted by atomic mass is 32.1. The second-order valence-corrected chi connectivity index (χ2v) is 7.47. The molecule has 1 aliphatic heterocycles. The molecule has 3 heterocycles. The van der Waals surface area contributed by atoms with Crippen molar-refractivity contribution in [3.05, 3.63) is 81.4 Å². The van der Waals surface area contributed by atoms with Gasteiger partial charge in [-0.15, -0.1) is 11.3 Å². The van der Waals surface area contributed by atoms with Gasteiger partial charge in [-0.25, -0.2) is 0 Å². The molecular formula is C21H18N2O4S. The van der Waals surface area contributed by atoms with Crippen molar-refractivity contribution in [1.29, 1.82) is 0 Å². The van der Waals surface area contributed by atoms with Crippen LogP contribution in [0.25, 0.3) is 0 Å². The molecule has 0 unspecified atom stereocenters. The van der Waals surface area contributed by atoms with E-state index in [1.807, 2.05) is 24.4 Å². The number of thiophene rings is 1. The average molecular weight is 394 g/mol. The SMILES string of the molecule is CCN(Cc1cccs1)C(=O)c1ccc2c(c1)C(=O)N(Cc1ccco1)C2=O. The topological polar surface area (TPSA) is 70.8 Å². The maximum absolute atomic E-state index is 12.9. The first kappa shape index (κ1) is 18.2. The summed E-state index contributed by atoms with van der Waals surface area (Å²) in [6.45, 7) is 3.05. The lowest BCUT2D eigenvalue weighted by Gasteiger charge is -2.20. The number of amides is 3. The van der Waals surface area contributed by atoms with Gasteiger partial charge in [0.05, 0.1) is 30.5 Å². The maximum atomic E-state index is 12.9. The van der Waals surface area contributed by atoms with Crippen LogP contribution >= 0.6 is 11.3 Å². The van der Waals surface area contributed by atoms with E-state index >= 15 is 0 Å². The molecule has 3 amide bonds. The molecule has 3 aromatic rings. The molecular weight excluding hydrogens is 376 g/mol. The molecule has 0 radical (unpaired) electrons. The van der Waals surface area contributed by atoms with Crippen LogP contribution in [0, 0.1) is 0 Å². The molecule has 2 aromatic heterocycles. The van der Waals surface area contributed by atoms with E-state index in [0.29, 0.717) is 30.0 Å². The predicted octanol–water partition coefficient (Wildman–Crippen LogP) is 3.80. The Balaban J connectivity index is 1.58. The number of fused-ring (bicyclic) bond motifs is 1. The summed E-state index contributed by atoms with van der Waals surface area (Å²) in [4.78, 5) is 42.2. The molecule has 7 heteroatoms. The molecule has 0 atom stereocenters. The van der Waals surface area contributed by atoms with Gasteiger partial charge in [0.25, 0.3) is 17.7 Å². The molecule has 6 nitrogen and oxygen atoms in total. The van der Waals surface area contributed by atoms with E-state index in [2.05, 4.69) is 0 Å². The Bertz CT molecular complexity index is 1020. The minimum atomic E-state index is -0.410. The monoisotopic (exact) mass is 394 g/mol. The summed E-state index contributed by atoms with van der Waals surface area (Å²) < 4.78 is 5.24. The van der Waals surface area contributed by atoms with Gasteiger partial charge in [-0.05, 0) is 48.7 Å².